The lowest BCUT2D eigenvalue weighted by Crippen LogP contribution is -2.16. The molecule has 3 heteroatoms. The maximum Gasteiger partial charge on any atom is 0.0434 e. The third-order valence-electron chi connectivity index (χ3n) is 2.70. The molecule has 2 N–H and O–H groups in total. The average Bonchev–Trinajstić information content (AvgIpc) is 2.74. The molecule has 0 radical (unpaired) electrons. The van der Waals surface area contributed by atoms with Crippen molar-refractivity contribution >= 4 is 22.7 Å². The van der Waals surface area contributed by atoms with Crippen LogP contribution in [-0.2, 0) is 6.54 Å². The van der Waals surface area contributed by atoms with Crippen molar-refractivity contribution in [2.45, 2.75) is 13.5 Å². The van der Waals surface area contributed by atoms with E-state index in [0.29, 0.717) is 0 Å². The van der Waals surface area contributed by atoms with E-state index >= 15 is 0 Å². The molecule has 0 unspecified atom stereocenters. The summed E-state index contributed by atoms with van der Waals surface area (Å²) in [6.07, 6.45) is 0. The largest absolute Gasteiger partial charge is 0.398 e. The maximum absolute atomic E-state index is 5.91. The molecule has 1 aromatic heterocycles. The van der Waals surface area contributed by atoms with Crippen molar-refractivity contribution in [3.63, 3.8) is 0 Å². The number of aryl methyl sites for hydroxylation is 1. The van der Waals surface area contributed by atoms with Gasteiger partial charge in [-0.05, 0) is 47.0 Å². The molecular formula is C13H16N2S. The minimum Gasteiger partial charge on any atom is -0.398 e. The number of rotatable bonds is 3. The van der Waals surface area contributed by atoms with Crippen LogP contribution in [0.2, 0.25) is 0 Å². The number of nitrogens with two attached hydrogens (primary N) is 1. The van der Waals surface area contributed by atoms with Crippen LogP contribution in [-0.4, -0.2) is 7.05 Å². The van der Waals surface area contributed by atoms with Crippen molar-refractivity contribution in [2.75, 3.05) is 17.7 Å². The van der Waals surface area contributed by atoms with Gasteiger partial charge in [-0.15, -0.1) is 0 Å². The van der Waals surface area contributed by atoms with Crippen molar-refractivity contribution < 1.29 is 0 Å². The first-order chi connectivity index (χ1) is 7.66. The fourth-order valence-electron chi connectivity index (χ4n) is 1.61. The number of hydrogen-bond acceptors (Lipinski definition) is 3. The van der Waals surface area contributed by atoms with Crippen molar-refractivity contribution in [3.8, 4) is 0 Å². The second-order valence-corrected chi connectivity index (χ2v) is 4.81. The monoisotopic (exact) mass is 232 g/mol. The summed E-state index contributed by atoms with van der Waals surface area (Å²) in [5.74, 6) is 0. The van der Waals surface area contributed by atoms with Crippen LogP contribution in [0.15, 0.2) is 35.0 Å². The molecule has 2 nitrogen and oxygen atoms in total. The Labute approximate surface area is 100 Å². The highest BCUT2D eigenvalue weighted by Gasteiger charge is 2.03. The molecule has 0 aliphatic carbocycles. The zero-order valence-corrected chi connectivity index (χ0v) is 10.4. The third kappa shape index (κ3) is 2.36. The Hall–Kier alpha value is -1.48. The second-order valence-electron chi connectivity index (χ2n) is 4.03. The van der Waals surface area contributed by atoms with Crippen LogP contribution in [0.25, 0.3) is 0 Å². The Morgan fingerprint density at radius 1 is 1.31 bits per heavy atom. The Balaban J connectivity index is 2.14. The van der Waals surface area contributed by atoms with Gasteiger partial charge in [0.25, 0.3) is 0 Å². The predicted molar refractivity (Wildman–Crippen MR) is 72.0 cm³/mol. The summed E-state index contributed by atoms with van der Waals surface area (Å²) in [5, 5.41) is 4.28. The molecule has 0 amide bonds. The van der Waals surface area contributed by atoms with Crippen LogP contribution in [0.1, 0.15) is 11.1 Å². The van der Waals surface area contributed by atoms with Crippen molar-refractivity contribution in [3.05, 3.63) is 46.2 Å². The highest BCUT2D eigenvalue weighted by atomic mass is 32.1. The van der Waals surface area contributed by atoms with Crippen LogP contribution in [0.5, 0.6) is 0 Å². The molecule has 1 aromatic carbocycles. The first-order valence-electron chi connectivity index (χ1n) is 5.25. The van der Waals surface area contributed by atoms with E-state index < -0.39 is 0 Å². The van der Waals surface area contributed by atoms with Gasteiger partial charge in [0.15, 0.2) is 0 Å². The first-order valence-corrected chi connectivity index (χ1v) is 6.19. The summed E-state index contributed by atoms with van der Waals surface area (Å²) < 4.78 is 0. The zero-order valence-electron chi connectivity index (χ0n) is 9.60. The minimum absolute atomic E-state index is 0.856. The SMILES string of the molecule is Cc1ccc(N(C)Cc2ccsc2)cc1N. The minimum atomic E-state index is 0.856. The first kappa shape index (κ1) is 11.0. The van der Waals surface area contributed by atoms with Crippen LogP contribution in [0.4, 0.5) is 11.4 Å². The van der Waals surface area contributed by atoms with E-state index in [1.165, 1.54) is 5.56 Å². The summed E-state index contributed by atoms with van der Waals surface area (Å²) in [6.45, 7) is 2.95. The summed E-state index contributed by atoms with van der Waals surface area (Å²) >= 11 is 1.73. The Bertz CT molecular complexity index is 463. The predicted octanol–water partition coefficient (Wildman–Crippen LogP) is 3.28. The van der Waals surface area contributed by atoms with Gasteiger partial charge in [-0.3, -0.25) is 0 Å². The van der Waals surface area contributed by atoms with E-state index in [-0.39, 0.29) is 0 Å². The van der Waals surface area contributed by atoms with E-state index in [2.05, 4.69) is 40.9 Å². The smallest absolute Gasteiger partial charge is 0.0434 e. The lowest BCUT2D eigenvalue weighted by Gasteiger charge is -2.19. The van der Waals surface area contributed by atoms with E-state index in [0.717, 1.165) is 23.5 Å². The van der Waals surface area contributed by atoms with Gasteiger partial charge in [-0.25, -0.2) is 0 Å². The Morgan fingerprint density at radius 3 is 2.75 bits per heavy atom. The quantitative estimate of drug-likeness (QED) is 0.823. The Morgan fingerprint density at radius 2 is 2.12 bits per heavy atom. The van der Waals surface area contributed by atoms with Gasteiger partial charge < -0.3 is 10.6 Å². The molecule has 0 bridgehead atoms. The lowest BCUT2D eigenvalue weighted by atomic mass is 10.1. The number of benzene rings is 1. The number of thiophene rings is 1. The molecule has 0 aliphatic rings. The van der Waals surface area contributed by atoms with E-state index in [4.69, 9.17) is 5.73 Å². The molecule has 0 aliphatic heterocycles. The molecule has 0 atom stereocenters. The van der Waals surface area contributed by atoms with Crippen LogP contribution in [0, 0.1) is 6.92 Å². The summed E-state index contributed by atoms with van der Waals surface area (Å²) in [6, 6.07) is 8.35. The Kier molecular flexibility index (Phi) is 3.15. The fourth-order valence-corrected chi connectivity index (χ4v) is 2.27. The number of nitrogens with zero attached hydrogens (tertiary/aromatic N) is 1. The molecule has 1 heterocycles. The fraction of sp³-hybridized carbons (Fsp3) is 0.231. The van der Waals surface area contributed by atoms with Gasteiger partial charge in [0.2, 0.25) is 0 Å². The van der Waals surface area contributed by atoms with Crippen LogP contribution >= 0.6 is 11.3 Å². The van der Waals surface area contributed by atoms with E-state index in [1.807, 2.05) is 13.0 Å². The topological polar surface area (TPSA) is 29.3 Å². The average molecular weight is 232 g/mol. The molecule has 16 heavy (non-hydrogen) atoms. The highest BCUT2D eigenvalue weighted by molar-refractivity contribution is 7.07. The lowest BCUT2D eigenvalue weighted by molar-refractivity contribution is 0.928. The summed E-state index contributed by atoms with van der Waals surface area (Å²) in [4.78, 5) is 2.21. The maximum atomic E-state index is 5.91. The molecular weight excluding hydrogens is 216 g/mol. The molecule has 0 spiro atoms. The number of nitrogen functional groups attached to an aromatic ring is 1. The zero-order chi connectivity index (χ0) is 11.5. The van der Waals surface area contributed by atoms with Crippen molar-refractivity contribution in [1.29, 1.82) is 0 Å². The number of anilines is 2. The summed E-state index contributed by atoms with van der Waals surface area (Å²) in [7, 11) is 2.09. The van der Waals surface area contributed by atoms with Gasteiger partial charge in [0.1, 0.15) is 0 Å². The standard InChI is InChI=1S/C13H16N2S/c1-10-3-4-12(7-13(10)14)15(2)8-11-5-6-16-9-11/h3-7,9H,8,14H2,1-2H3. The van der Waals surface area contributed by atoms with Crippen LogP contribution < -0.4 is 10.6 Å². The molecule has 2 aromatic rings. The van der Waals surface area contributed by atoms with Gasteiger partial charge in [0.05, 0.1) is 0 Å². The van der Waals surface area contributed by atoms with Gasteiger partial charge >= 0.3 is 0 Å². The van der Waals surface area contributed by atoms with Crippen LogP contribution in [0.3, 0.4) is 0 Å². The molecule has 0 saturated carbocycles. The van der Waals surface area contributed by atoms with E-state index in [1.54, 1.807) is 11.3 Å². The highest BCUT2D eigenvalue weighted by Crippen LogP contribution is 2.21. The molecule has 84 valence electrons. The van der Waals surface area contributed by atoms with Crippen molar-refractivity contribution in [1.82, 2.24) is 0 Å². The van der Waals surface area contributed by atoms with E-state index in [9.17, 15) is 0 Å². The van der Waals surface area contributed by atoms with Gasteiger partial charge in [-0.2, -0.15) is 11.3 Å². The number of hydrogen-bond donors (Lipinski definition) is 1. The second kappa shape index (κ2) is 4.58. The van der Waals surface area contributed by atoms with Crippen molar-refractivity contribution in [2.24, 2.45) is 0 Å². The molecule has 0 saturated heterocycles. The molecule has 0 fully saturated rings. The van der Waals surface area contributed by atoms with Gasteiger partial charge in [0, 0.05) is 25.0 Å². The third-order valence-corrected chi connectivity index (χ3v) is 3.44. The van der Waals surface area contributed by atoms with Gasteiger partial charge in [-0.1, -0.05) is 6.07 Å². The summed E-state index contributed by atoms with van der Waals surface area (Å²) in [5.41, 5.74) is 10.4. The molecule has 2 rings (SSSR count). The normalized spacial score (nSPS) is 10.4.